The minimum absolute atomic E-state index is 0.142. The summed E-state index contributed by atoms with van der Waals surface area (Å²) in [4.78, 5) is 22.4. The van der Waals surface area contributed by atoms with Crippen molar-refractivity contribution in [2.75, 3.05) is 5.32 Å². The number of aromatic hydroxyl groups is 1. The van der Waals surface area contributed by atoms with Gasteiger partial charge in [0.05, 0.1) is 0 Å². The second-order valence-electron chi connectivity index (χ2n) is 3.84. The highest BCUT2D eigenvalue weighted by molar-refractivity contribution is 5.96. The van der Waals surface area contributed by atoms with E-state index in [1.165, 1.54) is 18.2 Å². The van der Waals surface area contributed by atoms with E-state index in [0.29, 0.717) is 12.1 Å². The molecular formula is C12H15NO4. The van der Waals surface area contributed by atoms with Crippen LogP contribution in [0.1, 0.15) is 30.6 Å². The first-order chi connectivity index (χ1) is 7.95. The van der Waals surface area contributed by atoms with E-state index >= 15 is 0 Å². The molecule has 0 spiro atoms. The van der Waals surface area contributed by atoms with E-state index in [4.69, 9.17) is 5.11 Å². The highest BCUT2D eigenvalue weighted by Crippen LogP contribution is 2.21. The van der Waals surface area contributed by atoms with Crippen molar-refractivity contribution in [1.82, 2.24) is 0 Å². The van der Waals surface area contributed by atoms with E-state index in [1.807, 2.05) is 6.92 Å². The quantitative estimate of drug-likeness (QED) is 0.700. The van der Waals surface area contributed by atoms with Gasteiger partial charge in [-0.1, -0.05) is 13.8 Å². The molecule has 5 heteroatoms. The minimum Gasteiger partial charge on any atom is -0.507 e. The fraction of sp³-hybridized carbons (Fsp3) is 0.333. The normalized spacial score (nSPS) is 11.9. The van der Waals surface area contributed by atoms with Gasteiger partial charge in [0.15, 0.2) is 0 Å². The van der Waals surface area contributed by atoms with Gasteiger partial charge in [-0.25, -0.2) is 4.79 Å². The highest BCUT2D eigenvalue weighted by atomic mass is 16.4. The highest BCUT2D eigenvalue weighted by Gasteiger charge is 2.14. The monoisotopic (exact) mass is 237 g/mol. The van der Waals surface area contributed by atoms with E-state index in [-0.39, 0.29) is 23.1 Å². The predicted octanol–water partition coefficient (Wildman–Crippen LogP) is 2.07. The van der Waals surface area contributed by atoms with E-state index in [9.17, 15) is 14.7 Å². The van der Waals surface area contributed by atoms with Gasteiger partial charge in [0.1, 0.15) is 11.3 Å². The van der Waals surface area contributed by atoms with Crippen LogP contribution in [0.25, 0.3) is 0 Å². The van der Waals surface area contributed by atoms with E-state index in [0.717, 1.165) is 0 Å². The summed E-state index contributed by atoms with van der Waals surface area (Å²) in [6, 6.07) is 3.94. The number of carbonyl (C=O) groups is 2. The van der Waals surface area contributed by atoms with Crippen LogP contribution in [0.15, 0.2) is 18.2 Å². The van der Waals surface area contributed by atoms with Crippen LogP contribution in [0.4, 0.5) is 5.69 Å². The van der Waals surface area contributed by atoms with Crippen molar-refractivity contribution in [3.63, 3.8) is 0 Å². The van der Waals surface area contributed by atoms with Gasteiger partial charge in [-0.2, -0.15) is 0 Å². The topological polar surface area (TPSA) is 86.6 Å². The molecule has 0 heterocycles. The van der Waals surface area contributed by atoms with E-state index in [2.05, 4.69) is 5.32 Å². The summed E-state index contributed by atoms with van der Waals surface area (Å²) in [5, 5.41) is 20.7. The third-order valence-corrected chi connectivity index (χ3v) is 2.55. The summed E-state index contributed by atoms with van der Waals surface area (Å²) >= 11 is 0. The molecule has 0 aliphatic carbocycles. The lowest BCUT2D eigenvalue weighted by atomic mass is 10.1. The smallest absolute Gasteiger partial charge is 0.339 e. The van der Waals surface area contributed by atoms with Gasteiger partial charge in [0, 0.05) is 11.6 Å². The summed E-state index contributed by atoms with van der Waals surface area (Å²) in [6.45, 7) is 3.68. The average molecular weight is 237 g/mol. The molecule has 0 radical (unpaired) electrons. The lowest BCUT2D eigenvalue weighted by Crippen LogP contribution is -2.19. The lowest BCUT2D eigenvalue weighted by Gasteiger charge is -2.10. The second kappa shape index (κ2) is 5.34. The maximum atomic E-state index is 11.6. The van der Waals surface area contributed by atoms with Crippen LogP contribution in [-0.4, -0.2) is 22.1 Å². The van der Waals surface area contributed by atoms with Crippen LogP contribution < -0.4 is 5.32 Å². The Morgan fingerprint density at radius 2 is 2.06 bits per heavy atom. The number of amides is 1. The molecule has 0 saturated carbocycles. The van der Waals surface area contributed by atoms with Crippen LogP contribution in [-0.2, 0) is 4.79 Å². The molecular weight excluding hydrogens is 222 g/mol. The van der Waals surface area contributed by atoms with E-state index < -0.39 is 5.97 Å². The maximum Gasteiger partial charge on any atom is 0.339 e. The molecule has 1 atom stereocenters. The van der Waals surface area contributed by atoms with Crippen molar-refractivity contribution in [1.29, 1.82) is 0 Å². The van der Waals surface area contributed by atoms with Gasteiger partial charge in [0.25, 0.3) is 0 Å². The fourth-order valence-electron chi connectivity index (χ4n) is 1.24. The van der Waals surface area contributed by atoms with Gasteiger partial charge in [-0.05, 0) is 24.6 Å². The fourth-order valence-corrected chi connectivity index (χ4v) is 1.24. The molecule has 17 heavy (non-hydrogen) atoms. The molecule has 1 aromatic rings. The SMILES string of the molecule is CCC(C)C(=O)Nc1ccc(O)c(C(=O)O)c1. The molecule has 0 aromatic heterocycles. The Labute approximate surface area is 99.1 Å². The number of carbonyl (C=O) groups excluding carboxylic acids is 1. The van der Waals surface area contributed by atoms with Gasteiger partial charge < -0.3 is 15.5 Å². The molecule has 1 amide bonds. The van der Waals surface area contributed by atoms with Crippen molar-refractivity contribution in [3.05, 3.63) is 23.8 Å². The van der Waals surface area contributed by atoms with Crippen molar-refractivity contribution < 1.29 is 19.8 Å². The minimum atomic E-state index is -1.23. The number of hydrogen-bond donors (Lipinski definition) is 3. The zero-order chi connectivity index (χ0) is 13.0. The third kappa shape index (κ3) is 3.21. The molecule has 0 aliphatic heterocycles. The van der Waals surface area contributed by atoms with Crippen molar-refractivity contribution >= 4 is 17.6 Å². The first-order valence-corrected chi connectivity index (χ1v) is 5.32. The second-order valence-corrected chi connectivity index (χ2v) is 3.84. The van der Waals surface area contributed by atoms with Crippen molar-refractivity contribution in [2.45, 2.75) is 20.3 Å². The van der Waals surface area contributed by atoms with Gasteiger partial charge in [-0.15, -0.1) is 0 Å². The van der Waals surface area contributed by atoms with Crippen LogP contribution in [0.2, 0.25) is 0 Å². The number of carboxylic acids is 1. The summed E-state index contributed by atoms with van der Waals surface area (Å²) in [5.41, 5.74) is 0.137. The summed E-state index contributed by atoms with van der Waals surface area (Å²) in [7, 11) is 0. The molecule has 0 bridgehead atoms. The van der Waals surface area contributed by atoms with Crippen molar-refractivity contribution in [3.8, 4) is 5.75 Å². The number of benzene rings is 1. The summed E-state index contributed by atoms with van der Waals surface area (Å²) < 4.78 is 0. The Balaban J connectivity index is 2.90. The Hall–Kier alpha value is -2.04. The molecule has 1 aromatic carbocycles. The van der Waals surface area contributed by atoms with Gasteiger partial charge in [-0.3, -0.25) is 4.79 Å². The average Bonchev–Trinajstić information content (AvgIpc) is 2.30. The summed E-state index contributed by atoms with van der Waals surface area (Å²) in [5.74, 6) is -1.87. The first-order valence-electron chi connectivity index (χ1n) is 5.32. The zero-order valence-corrected chi connectivity index (χ0v) is 9.73. The molecule has 1 rings (SSSR count). The Bertz CT molecular complexity index is 442. The van der Waals surface area contributed by atoms with Crippen LogP contribution in [0.5, 0.6) is 5.75 Å². The number of hydrogen-bond acceptors (Lipinski definition) is 3. The number of anilines is 1. The molecule has 5 nitrogen and oxygen atoms in total. The predicted molar refractivity (Wildman–Crippen MR) is 63.2 cm³/mol. The van der Waals surface area contributed by atoms with E-state index in [1.54, 1.807) is 6.92 Å². The van der Waals surface area contributed by atoms with Crippen molar-refractivity contribution in [2.24, 2.45) is 5.92 Å². The molecule has 3 N–H and O–H groups in total. The number of rotatable bonds is 4. The first kappa shape index (κ1) is 13.0. The molecule has 92 valence electrons. The van der Waals surface area contributed by atoms with Gasteiger partial charge in [0.2, 0.25) is 5.91 Å². The van der Waals surface area contributed by atoms with Crippen LogP contribution in [0, 0.1) is 5.92 Å². The Morgan fingerprint density at radius 1 is 1.41 bits per heavy atom. The Morgan fingerprint density at radius 3 is 2.59 bits per heavy atom. The standard InChI is InChI=1S/C12H15NO4/c1-3-7(2)11(15)13-8-4-5-10(14)9(6-8)12(16)17/h4-7,14H,3H2,1-2H3,(H,13,15)(H,16,17). The largest absolute Gasteiger partial charge is 0.507 e. The lowest BCUT2D eigenvalue weighted by molar-refractivity contribution is -0.119. The molecule has 1 unspecified atom stereocenters. The third-order valence-electron chi connectivity index (χ3n) is 2.55. The zero-order valence-electron chi connectivity index (χ0n) is 9.73. The Kier molecular flexibility index (Phi) is 4.09. The molecule has 0 fully saturated rings. The number of aromatic carboxylic acids is 1. The summed E-state index contributed by atoms with van der Waals surface area (Å²) in [6.07, 6.45) is 0.704. The van der Waals surface area contributed by atoms with Crippen LogP contribution in [0.3, 0.4) is 0 Å². The molecule has 0 saturated heterocycles. The van der Waals surface area contributed by atoms with Crippen LogP contribution >= 0.6 is 0 Å². The maximum absolute atomic E-state index is 11.6. The number of nitrogens with one attached hydrogen (secondary N) is 1. The number of phenols is 1. The van der Waals surface area contributed by atoms with Gasteiger partial charge >= 0.3 is 5.97 Å². The number of carboxylic acid groups (broad SMARTS) is 1. The molecule has 0 aliphatic rings.